The molecular weight excluding hydrogens is 252 g/mol. The van der Waals surface area contributed by atoms with Gasteiger partial charge in [0.25, 0.3) is 0 Å². The molecule has 44 valence electrons. The maximum Gasteiger partial charge on any atom is 0.0636 e. The Kier molecular flexibility index (Phi) is 2.01. The van der Waals surface area contributed by atoms with E-state index >= 15 is 0 Å². The van der Waals surface area contributed by atoms with Gasteiger partial charge in [0.1, 0.15) is 0 Å². The van der Waals surface area contributed by atoms with Crippen molar-refractivity contribution in [3.63, 3.8) is 0 Å². The van der Waals surface area contributed by atoms with E-state index in [-0.39, 0.29) is 0 Å². The summed E-state index contributed by atoms with van der Waals surface area (Å²) >= 11 is 8.32. The average molecular weight is 255 g/mol. The van der Waals surface area contributed by atoms with Crippen LogP contribution in [0.5, 0.6) is 0 Å². The van der Waals surface area contributed by atoms with Gasteiger partial charge in [-0.25, -0.2) is 6.92 Å². The number of hydrogen-bond acceptors (Lipinski definition) is 1. The first-order valence-corrected chi connectivity index (χ1v) is 4.37. The van der Waals surface area contributed by atoms with Crippen LogP contribution in [-0.2, 0) is 0 Å². The molecule has 0 unspecified atom stereocenters. The van der Waals surface area contributed by atoms with Crippen LogP contribution >= 0.6 is 43.2 Å². The highest BCUT2D eigenvalue weighted by molar-refractivity contribution is 9.13. The van der Waals surface area contributed by atoms with Crippen LogP contribution in [0.1, 0.15) is 4.88 Å². The van der Waals surface area contributed by atoms with Gasteiger partial charge in [-0.2, -0.15) is 17.4 Å². The molecular formula is C5H3Br2S-. The lowest BCUT2D eigenvalue weighted by Crippen LogP contribution is -1.48. The topological polar surface area (TPSA) is 0 Å². The number of thiophene rings is 1. The van der Waals surface area contributed by atoms with Gasteiger partial charge in [0.15, 0.2) is 0 Å². The molecule has 0 aliphatic heterocycles. The summed E-state index contributed by atoms with van der Waals surface area (Å²) in [6.45, 7) is 3.76. The van der Waals surface area contributed by atoms with Crippen LogP contribution in [0.25, 0.3) is 0 Å². The average Bonchev–Trinajstić information content (AvgIpc) is 1.85. The van der Waals surface area contributed by atoms with Gasteiger partial charge in [0.05, 0.1) is 3.79 Å². The Bertz CT molecular complexity index is 173. The van der Waals surface area contributed by atoms with E-state index in [1.54, 1.807) is 11.3 Å². The second kappa shape index (κ2) is 2.42. The second-order valence-electron chi connectivity index (χ2n) is 1.33. The standard InChI is InChI=1S/C5H3Br2S/c1-3-2-4(6)5(7)8-3/h2H,1H2/q-1. The van der Waals surface area contributed by atoms with E-state index < -0.39 is 0 Å². The Morgan fingerprint density at radius 2 is 2.12 bits per heavy atom. The predicted octanol–water partition coefficient (Wildman–Crippen LogP) is 3.46. The van der Waals surface area contributed by atoms with E-state index in [4.69, 9.17) is 0 Å². The Morgan fingerprint density at radius 3 is 2.25 bits per heavy atom. The summed E-state index contributed by atoms with van der Waals surface area (Å²) in [6, 6.07) is 1.98. The molecule has 8 heavy (non-hydrogen) atoms. The van der Waals surface area contributed by atoms with Crippen LogP contribution in [0.2, 0.25) is 0 Å². The van der Waals surface area contributed by atoms with Crippen LogP contribution < -0.4 is 0 Å². The zero-order valence-electron chi connectivity index (χ0n) is 3.95. The summed E-state index contributed by atoms with van der Waals surface area (Å²) in [6.07, 6.45) is 0. The molecule has 0 fully saturated rings. The van der Waals surface area contributed by atoms with E-state index in [0.29, 0.717) is 0 Å². The fourth-order valence-corrected chi connectivity index (χ4v) is 2.36. The van der Waals surface area contributed by atoms with Crippen molar-refractivity contribution in [3.8, 4) is 0 Å². The molecule has 3 heteroatoms. The van der Waals surface area contributed by atoms with Crippen molar-refractivity contribution >= 4 is 43.2 Å². The molecule has 1 rings (SSSR count). The first kappa shape index (κ1) is 6.65. The van der Waals surface area contributed by atoms with Gasteiger partial charge in [-0.3, -0.25) is 0 Å². The molecule has 0 nitrogen and oxygen atoms in total. The highest BCUT2D eigenvalue weighted by Gasteiger charge is 1.90. The zero-order valence-corrected chi connectivity index (χ0v) is 7.94. The van der Waals surface area contributed by atoms with Crippen molar-refractivity contribution in [1.82, 2.24) is 0 Å². The predicted molar refractivity (Wildman–Crippen MR) is 44.2 cm³/mol. The lowest BCUT2D eigenvalue weighted by molar-refractivity contribution is 1.79. The Balaban J connectivity index is 3.14. The lowest BCUT2D eigenvalue weighted by Gasteiger charge is -1.81. The third-order valence-corrected chi connectivity index (χ3v) is 3.81. The van der Waals surface area contributed by atoms with E-state index in [0.717, 1.165) is 13.1 Å². The molecule has 0 aliphatic carbocycles. The molecule has 1 aromatic heterocycles. The second-order valence-corrected chi connectivity index (χ2v) is 4.64. The van der Waals surface area contributed by atoms with Crippen LogP contribution in [-0.4, -0.2) is 0 Å². The molecule has 0 radical (unpaired) electrons. The van der Waals surface area contributed by atoms with Gasteiger partial charge in [-0.05, 0) is 20.4 Å². The summed E-state index contributed by atoms with van der Waals surface area (Å²) in [4.78, 5) is 1.07. The number of halogens is 2. The fourth-order valence-electron chi connectivity index (χ4n) is 0.391. The third kappa shape index (κ3) is 1.27. The molecule has 0 spiro atoms. The quantitative estimate of drug-likeness (QED) is 0.623. The minimum Gasteiger partial charge on any atom is -0.228 e. The van der Waals surface area contributed by atoms with Crippen LogP contribution in [0.4, 0.5) is 0 Å². The highest BCUT2D eigenvalue weighted by atomic mass is 79.9. The maximum absolute atomic E-state index is 3.76. The van der Waals surface area contributed by atoms with Crippen molar-refractivity contribution < 1.29 is 0 Å². The largest absolute Gasteiger partial charge is 0.228 e. The van der Waals surface area contributed by atoms with Crippen LogP contribution in [0.15, 0.2) is 14.3 Å². The summed E-state index contributed by atoms with van der Waals surface area (Å²) in [5, 5.41) is 0. The molecule has 0 saturated carbocycles. The molecule has 0 aromatic carbocycles. The van der Waals surface area contributed by atoms with Crippen molar-refractivity contribution in [2.24, 2.45) is 0 Å². The third-order valence-electron chi connectivity index (χ3n) is 0.696. The van der Waals surface area contributed by atoms with Crippen molar-refractivity contribution in [2.75, 3.05) is 0 Å². The van der Waals surface area contributed by atoms with Gasteiger partial charge in [0, 0.05) is 0 Å². The minimum absolute atomic E-state index is 1.07. The normalized spacial score (nSPS) is 9.75. The highest BCUT2D eigenvalue weighted by Crippen LogP contribution is 2.31. The number of hydrogen-bond donors (Lipinski definition) is 0. The smallest absolute Gasteiger partial charge is 0.0636 e. The minimum atomic E-state index is 1.07. The van der Waals surface area contributed by atoms with Crippen LogP contribution in [0, 0.1) is 6.92 Å². The molecule has 0 bridgehead atoms. The van der Waals surface area contributed by atoms with Gasteiger partial charge in [0.2, 0.25) is 0 Å². The molecule has 0 atom stereocenters. The van der Waals surface area contributed by atoms with E-state index in [1.807, 2.05) is 6.07 Å². The first-order valence-electron chi connectivity index (χ1n) is 1.97. The molecule has 1 aromatic rings. The van der Waals surface area contributed by atoms with Crippen molar-refractivity contribution in [3.05, 3.63) is 26.1 Å². The van der Waals surface area contributed by atoms with E-state index in [9.17, 15) is 0 Å². The molecule has 0 saturated heterocycles. The Hall–Kier alpha value is 0.530. The van der Waals surface area contributed by atoms with Gasteiger partial charge >= 0.3 is 0 Å². The van der Waals surface area contributed by atoms with E-state index in [2.05, 4.69) is 38.8 Å². The van der Waals surface area contributed by atoms with Gasteiger partial charge in [-0.15, -0.1) is 4.88 Å². The zero-order chi connectivity index (χ0) is 6.15. The first-order chi connectivity index (χ1) is 3.70. The summed E-state index contributed by atoms with van der Waals surface area (Å²) < 4.78 is 2.20. The van der Waals surface area contributed by atoms with Crippen LogP contribution in [0.3, 0.4) is 0 Å². The van der Waals surface area contributed by atoms with Crippen molar-refractivity contribution in [2.45, 2.75) is 0 Å². The lowest BCUT2D eigenvalue weighted by atomic mass is 10.5. The SMILES string of the molecule is [CH2-]c1cc(Br)c(Br)s1. The maximum atomic E-state index is 3.76. The molecule has 1 heterocycles. The molecule has 0 aliphatic rings. The fraction of sp³-hybridized carbons (Fsp3) is 0. The summed E-state index contributed by atoms with van der Waals surface area (Å²) in [5.41, 5.74) is 0. The Labute approximate surface area is 69.2 Å². The Morgan fingerprint density at radius 1 is 1.50 bits per heavy atom. The van der Waals surface area contributed by atoms with Crippen molar-refractivity contribution in [1.29, 1.82) is 0 Å². The van der Waals surface area contributed by atoms with Gasteiger partial charge in [-0.1, -0.05) is 15.9 Å². The van der Waals surface area contributed by atoms with Gasteiger partial charge < -0.3 is 0 Å². The monoisotopic (exact) mass is 253 g/mol. The molecule has 0 N–H and O–H groups in total. The summed E-state index contributed by atoms with van der Waals surface area (Å²) in [5.74, 6) is 0. The van der Waals surface area contributed by atoms with E-state index in [1.165, 1.54) is 0 Å². The number of rotatable bonds is 0. The molecule has 0 amide bonds. The summed E-state index contributed by atoms with van der Waals surface area (Å²) in [7, 11) is 0.